The highest BCUT2D eigenvalue weighted by Crippen LogP contribution is 2.32. The maximum atomic E-state index is 5.41. The van der Waals surface area contributed by atoms with Gasteiger partial charge in [0, 0.05) is 6.20 Å². The van der Waals surface area contributed by atoms with Crippen LogP contribution in [0.25, 0.3) is 0 Å². The van der Waals surface area contributed by atoms with Gasteiger partial charge >= 0.3 is 0 Å². The highest BCUT2D eigenvalue weighted by Gasteiger charge is 2.22. The molecule has 0 amide bonds. The van der Waals surface area contributed by atoms with Gasteiger partial charge in [-0.2, -0.15) is 0 Å². The number of nitrogens with one attached hydrogen (secondary N) is 1. The zero-order chi connectivity index (χ0) is 14.5. The summed E-state index contributed by atoms with van der Waals surface area (Å²) in [6.07, 6.45) is 4.11. The van der Waals surface area contributed by atoms with Crippen molar-refractivity contribution < 1.29 is 4.74 Å². The molecule has 1 rings (SSSR count). The molecule has 0 aliphatic rings. The first-order chi connectivity index (χ1) is 8.87. The molecule has 0 aliphatic heterocycles. The summed E-state index contributed by atoms with van der Waals surface area (Å²) in [7, 11) is 3.69. The van der Waals surface area contributed by atoms with Crippen LogP contribution in [-0.2, 0) is 0 Å². The van der Waals surface area contributed by atoms with Crippen molar-refractivity contribution in [2.24, 2.45) is 11.3 Å². The molecule has 3 heteroatoms. The van der Waals surface area contributed by atoms with Crippen molar-refractivity contribution in [3.63, 3.8) is 0 Å². The van der Waals surface area contributed by atoms with Crippen LogP contribution in [0.4, 0.5) is 0 Å². The highest BCUT2D eigenvalue weighted by atomic mass is 16.5. The van der Waals surface area contributed by atoms with Crippen molar-refractivity contribution in [2.75, 3.05) is 14.2 Å². The van der Waals surface area contributed by atoms with Gasteiger partial charge in [0.15, 0.2) is 0 Å². The number of methoxy groups -OCH3 is 1. The van der Waals surface area contributed by atoms with E-state index in [-0.39, 0.29) is 6.04 Å². The third-order valence-electron chi connectivity index (χ3n) is 3.30. The Bertz CT molecular complexity index is 385. The molecule has 0 radical (unpaired) electrons. The van der Waals surface area contributed by atoms with Crippen molar-refractivity contribution in [3.8, 4) is 5.75 Å². The van der Waals surface area contributed by atoms with Crippen LogP contribution in [0.15, 0.2) is 18.3 Å². The number of hydrogen-bond donors (Lipinski definition) is 1. The lowest BCUT2D eigenvalue weighted by molar-refractivity contribution is 0.275. The van der Waals surface area contributed by atoms with E-state index in [4.69, 9.17) is 4.74 Å². The largest absolute Gasteiger partial charge is 0.495 e. The Morgan fingerprint density at radius 3 is 2.58 bits per heavy atom. The molecule has 3 nitrogen and oxygen atoms in total. The van der Waals surface area contributed by atoms with Crippen molar-refractivity contribution in [1.29, 1.82) is 0 Å². The second kappa shape index (κ2) is 6.90. The van der Waals surface area contributed by atoms with Gasteiger partial charge < -0.3 is 10.1 Å². The molecule has 0 bridgehead atoms. The summed E-state index contributed by atoms with van der Waals surface area (Å²) < 4.78 is 5.41. The third kappa shape index (κ3) is 5.19. The first kappa shape index (κ1) is 16.0. The molecule has 1 N–H and O–H groups in total. The molecular formula is C16H28N2O. The molecule has 0 saturated carbocycles. The van der Waals surface area contributed by atoms with Gasteiger partial charge in [-0.25, -0.2) is 0 Å². The number of ether oxygens (including phenoxy) is 1. The van der Waals surface area contributed by atoms with Crippen LogP contribution < -0.4 is 10.1 Å². The van der Waals surface area contributed by atoms with Crippen LogP contribution in [0.1, 0.15) is 52.3 Å². The van der Waals surface area contributed by atoms with Gasteiger partial charge in [-0.1, -0.05) is 27.7 Å². The zero-order valence-corrected chi connectivity index (χ0v) is 13.2. The quantitative estimate of drug-likeness (QED) is 0.848. The molecule has 0 aromatic carbocycles. The van der Waals surface area contributed by atoms with Crippen LogP contribution in [0, 0.1) is 11.3 Å². The van der Waals surface area contributed by atoms with Gasteiger partial charge in [0.2, 0.25) is 0 Å². The summed E-state index contributed by atoms with van der Waals surface area (Å²) in [6, 6.07) is 4.13. The van der Waals surface area contributed by atoms with E-state index in [0.29, 0.717) is 11.3 Å². The summed E-state index contributed by atoms with van der Waals surface area (Å²) in [5, 5.41) is 3.37. The average molecular weight is 264 g/mol. The maximum absolute atomic E-state index is 5.41. The van der Waals surface area contributed by atoms with E-state index in [1.54, 1.807) is 7.11 Å². The van der Waals surface area contributed by atoms with E-state index < -0.39 is 0 Å². The van der Waals surface area contributed by atoms with Crippen LogP contribution >= 0.6 is 0 Å². The molecule has 1 heterocycles. The topological polar surface area (TPSA) is 34.2 Å². The summed E-state index contributed by atoms with van der Waals surface area (Å²) in [5.74, 6) is 1.51. The van der Waals surface area contributed by atoms with E-state index in [2.05, 4.69) is 38.0 Å². The first-order valence-electron chi connectivity index (χ1n) is 7.03. The molecular weight excluding hydrogens is 236 g/mol. The Hall–Kier alpha value is -1.09. The number of pyridine rings is 1. The van der Waals surface area contributed by atoms with E-state index in [0.717, 1.165) is 17.9 Å². The van der Waals surface area contributed by atoms with Gasteiger partial charge in [-0.15, -0.1) is 0 Å². The third-order valence-corrected chi connectivity index (χ3v) is 3.30. The van der Waals surface area contributed by atoms with E-state index in [9.17, 15) is 0 Å². The maximum Gasteiger partial charge on any atom is 0.141 e. The van der Waals surface area contributed by atoms with Crippen LogP contribution in [-0.4, -0.2) is 19.1 Å². The normalized spacial score (nSPS) is 15.1. The fourth-order valence-corrected chi connectivity index (χ4v) is 2.73. The van der Waals surface area contributed by atoms with E-state index >= 15 is 0 Å². The highest BCUT2D eigenvalue weighted by molar-refractivity contribution is 5.29. The predicted octanol–water partition coefficient (Wildman–Crippen LogP) is 3.81. The minimum absolute atomic E-state index is 0.244. The van der Waals surface area contributed by atoms with Crippen molar-refractivity contribution >= 4 is 0 Å². The predicted molar refractivity (Wildman–Crippen MR) is 80.4 cm³/mol. The molecule has 0 saturated heterocycles. The summed E-state index contributed by atoms with van der Waals surface area (Å²) in [6.45, 7) is 9.18. The first-order valence-corrected chi connectivity index (χ1v) is 7.03. The number of aromatic nitrogens is 1. The second-order valence-electron chi connectivity index (χ2n) is 6.54. The molecule has 2 atom stereocenters. The van der Waals surface area contributed by atoms with Crippen LogP contribution in [0.5, 0.6) is 5.75 Å². The number of rotatable bonds is 6. The van der Waals surface area contributed by atoms with Gasteiger partial charge in [-0.05, 0) is 43.4 Å². The lowest BCUT2D eigenvalue weighted by Gasteiger charge is -2.27. The SMILES string of the molecule is CNC(CC(C)CC(C)(C)C)c1ncccc1OC. The second-order valence-corrected chi connectivity index (χ2v) is 6.54. The van der Waals surface area contributed by atoms with Crippen molar-refractivity contribution in [1.82, 2.24) is 10.3 Å². The van der Waals surface area contributed by atoms with Gasteiger partial charge in [0.1, 0.15) is 5.75 Å². The average Bonchev–Trinajstić information content (AvgIpc) is 2.33. The van der Waals surface area contributed by atoms with Crippen molar-refractivity contribution in [2.45, 2.75) is 46.6 Å². The van der Waals surface area contributed by atoms with Gasteiger partial charge in [0.05, 0.1) is 18.8 Å². The van der Waals surface area contributed by atoms with Gasteiger partial charge in [0.25, 0.3) is 0 Å². The summed E-state index contributed by atoms with van der Waals surface area (Å²) >= 11 is 0. The molecule has 19 heavy (non-hydrogen) atoms. The van der Waals surface area contributed by atoms with Crippen LogP contribution in [0.2, 0.25) is 0 Å². The Morgan fingerprint density at radius 1 is 1.37 bits per heavy atom. The molecule has 1 aromatic rings. The minimum Gasteiger partial charge on any atom is -0.495 e. The van der Waals surface area contributed by atoms with E-state index in [1.165, 1.54) is 6.42 Å². The molecule has 0 fully saturated rings. The van der Waals surface area contributed by atoms with Crippen molar-refractivity contribution in [3.05, 3.63) is 24.0 Å². The lowest BCUT2D eigenvalue weighted by Crippen LogP contribution is -2.22. The Morgan fingerprint density at radius 2 is 2.05 bits per heavy atom. The summed E-state index contributed by atoms with van der Waals surface area (Å²) in [5.41, 5.74) is 1.37. The lowest BCUT2D eigenvalue weighted by atomic mass is 9.82. The standard InChI is InChI=1S/C16H28N2O/c1-12(11-16(2,3)4)10-13(17-5)15-14(19-6)8-7-9-18-15/h7-9,12-13,17H,10-11H2,1-6H3. The van der Waals surface area contributed by atoms with E-state index in [1.807, 2.05) is 25.4 Å². The Kier molecular flexibility index (Phi) is 5.80. The Balaban J connectivity index is 2.78. The fraction of sp³-hybridized carbons (Fsp3) is 0.688. The smallest absolute Gasteiger partial charge is 0.141 e. The van der Waals surface area contributed by atoms with Gasteiger partial charge in [-0.3, -0.25) is 4.98 Å². The molecule has 0 spiro atoms. The summed E-state index contributed by atoms with van der Waals surface area (Å²) in [4.78, 5) is 4.48. The van der Waals surface area contributed by atoms with Crippen LogP contribution in [0.3, 0.4) is 0 Å². The monoisotopic (exact) mass is 264 g/mol. The molecule has 1 aromatic heterocycles. The zero-order valence-electron chi connectivity index (χ0n) is 13.2. The molecule has 2 unspecified atom stereocenters. The molecule has 108 valence electrons. The number of nitrogens with zero attached hydrogens (tertiary/aromatic N) is 1. The Labute approximate surface area is 117 Å². The fourth-order valence-electron chi connectivity index (χ4n) is 2.73. The number of hydrogen-bond acceptors (Lipinski definition) is 3. The minimum atomic E-state index is 0.244. The molecule has 0 aliphatic carbocycles.